The number of halogens is 3. The third kappa shape index (κ3) is 5.36. The zero-order valence-corrected chi connectivity index (χ0v) is 22.0. The average molecular weight is 530 g/mol. The maximum Gasteiger partial charge on any atom is 0.421 e. The van der Waals surface area contributed by atoms with Gasteiger partial charge in [-0.25, -0.2) is 0 Å². The van der Waals surface area contributed by atoms with Crippen LogP contribution in [0.1, 0.15) is 79.8 Å². The van der Waals surface area contributed by atoms with Crippen LogP contribution in [0.2, 0.25) is 0 Å². The molecule has 1 heterocycles. The lowest BCUT2D eigenvalue weighted by Crippen LogP contribution is -2.52. The molecule has 38 heavy (non-hydrogen) atoms. The van der Waals surface area contributed by atoms with Crippen molar-refractivity contribution in [3.63, 3.8) is 0 Å². The maximum absolute atomic E-state index is 13.5. The van der Waals surface area contributed by atoms with Gasteiger partial charge in [0.1, 0.15) is 0 Å². The Hall–Kier alpha value is -2.42. The van der Waals surface area contributed by atoms with E-state index in [9.17, 15) is 23.1 Å². The van der Waals surface area contributed by atoms with E-state index in [4.69, 9.17) is 5.73 Å². The molecule has 0 radical (unpaired) electrons. The fraction of sp³-hybridized carbons (Fsp3) is 0.567. The molecule has 1 saturated heterocycles. The Morgan fingerprint density at radius 3 is 2.00 bits per heavy atom. The van der Waals surface area contributed by atoms with E-state index < -0.39 is 11.8 Å². The second kappa shape index (κ2) is 10.3. The highest BCUT2D eigenvalue weighted by Crippen LogP contribution is 2.40. The Labute approximate surface area is 222 Å². The van der Waals surface area contributed by atoms with E-state index in [1.165, 1.54) is 29.8 Å². The predicted octanol–water partition coefficient (Wildman–Crippen LogP) is 5.32. The van der Waals surface area contributed by atoms with Crippen molar-refractivity contribution in [3.05, 3.63) is 71.3 Å². The Kier molecular flexibility index (Phi) is 7.35. The smallest absolute Gasteiger partial charge is 0.376 e. The molecule has 2 aliphatic carbocycles. The van der Waals surface area contributed by atoms with Crippen molar-refractivity contribution in [2.45, 2.75) is 93.7 Å². The molecule has 8 heteroatoms. The average Bonchev–Trinajstić information content (AvgIpc) is 3.75. The van der Waals surface area contributed by atoms with Crippen molar-refractivity contribution in [2.75, 3.05) is 13.1 Å². The van der Waals surface area contributed by atoms with Gasteiger partial charge in [-0.15, -0.1) is 0 Å². The first kappa shape index (κ1) is 27.2. The number of benzene rings is 2. The number of carbonyl (C=O) groups is 1. The molecular weight excluding hydrogens is 491 g/mol. The summed E-state index contributed by atoms with van der Waals surface area (Å²) in [6.45, 7) is 2.60. The summed E-state index contributed by atoms with van der Waals surface area (Å²) in [7, 11) is 0. The fourth-order valence-corrected chi connectivity index (χ4v) is 6.30. The van der Waals surface area contributed by atoms with Gasteiger partial charge in [0.05, 0.1) is 0 Å². The van der Waals surface area contributed by atoms with Crippen LogP contribution in [-0.2, 0) is 11.1 Å². The standard InChI is InChI=1S/C30H38F3N3O2/c1-28(38,30(31,32)33)22-9-7-21(8-10-22)27(37)36(25-11-12-25)26-15-19-35(20-16-26)24-13-17-29(34,18-14-24)23-5-3-2-4-6-23/h2-10,24-26,38H,11-20,34H2,1H3/t24?,28-,29?/m0/s1. The van der Waals surface area contributed by atoms with Gasteiger partial charge in [0.25, 0.3) is 5.91 Å². The van der Waals surface area contributed by atoms with Crippen LogP contribution in [0, 0.1) is 0 Å². The molecule has 3 aliphatic rings. The van der Waals surface area contributed by atoms with Crippen LogP contribution in [0.15, 0.2) is 54.6 Å². The molecule has 1 aliphatic heterocycles. The molecular formula is C30H38F3N3O2. The summed E-state index contributed by atoms with van der Waals surface area (Å²) in [5, 5.41) is 9.95. The predicted molar refractivity (Wildman–Crippen MR) is 140 cm³/mol. The highest BCUT2D eigenvalue weighted by Gasteiger charge is 2.51. The Balaban J connectivity index is 1.19. The first-order valence-corrected chi connectivity index (χ1v) is 13.8. The Morgan fingerprint density at radius 2 is 1.47 bits per heavy atom. The van der Waals surface area contributed by atoms with Crippen LogP contribution >= 0.6 is 0 Å². The normalized spacial score (nSPS) is 27.1. The van der Waals surface area contributed by atoms with Crippen molar-refractivity contribution in [1.29, 1.82) is 0 Å². The molecule has 3 fully saturated rings. The van der Waals surface area contributed by atoms with Crippen molar-refractivity contribution in [3.8, 4) is 0 Å². The zero-order chi connectivity index (χ0) is 27.1. The number of nitrogens with zero attached hydrogens (tertiary/aromatic N) is 2. The quantitative estimate of drug-likeness (QED) is 0.531. The summed E-state index contributed by atoms with van der Waals surface area (Å²) in [6, 6.07) is 16.5. The molecule has 0 aromatic heterocycles. The van der Waals surface area contributed by atoms with Gasteiger partial charge in [-0.05, 0) is 81.5 Å². The molecule has 5 rings (SSSR count). The second-order valence-corrected chi connectivity index (χ2v) is 11.6. The summed E-state index contributed by atoms with van der Waals surface area (Å²) in [5.74, 6) is -0.127. The maximum atomic E-state index is 13.5. The van der Waals surface area contributed by atoms with Crippen molar-refractivity contribution in [2.24, 2.45) is 5.73 Å². The first-order valence-electron chi connectivity index (χ1n) is 13.8. The number of carbonyl (C=O) groups excluding carboxylic acids is 1. The number of amides is 1. The van der Waals surface area contributed by atoms with Crippen LogP contribution in [0.5, 0.6) is 0 Å². The lowest BCUT2D eigenvalue weighted by molar-refractivity contribution is -0.258. The van der Waals surface area contributed by atoms with Gasteiger partial charge in [-0.2, -0.15) is 13.2 Å². The summed E-state index contributed by atoms with van der Waals surface area (Å²) >= 11 is 0. The third-order valence-corrected chi connectivity index (χ3v) is 9.03. The van der Waals surface area contributed by atoms with Crippen LogP contribution in [0.25, 0.3) is 0 Å². The van der Waals surface area contributed by atoms with Gasteiger partial charge in [-0.3, -0.25) is 4.79 Å². The van der Waals surface area contributed by atoms with Crippen LogP contribution in [-0.4, -0.2) is 58.2 Å². The van der Waals surface area contributed by atoms with Gasteiger partial charge in [-0.1, -0.05) is 42.5 Å². The Morgan fingerprint density at radius 1 is 0.921 bits per heavy atom. The molecule has 0 unspecified atom stereocenters. The number of aliphatic hydroxyl groups is 1. The van der Waals surface area contributed by atoms with E-state index in [-0.39, 0.29) is 29.1 Å². The molecule has 0 spiro atoms. The van der Waals surface area contributed by atoms with Gasteiger partial charge in [0.2, 0.25) is 0 Å². The number of alkyl halides is 3. The number of hydrogen-bond donors (Lipinski definition) is 2. The topological polar surface area (TPSA) is 69.8 Å². The van der Waals surface area contributed by atoms with Gasteiger partial charge >= 0.3 is 6.18 Å². The SMILES string of the molecule is C[C@](O)(c1ccc(C(=O)N(C2CC2)C2CCN(C3CCC(N)(c4ccccc4)CC3)CC2)cc1)C(F)(F)F. The molecule has 3 N–H and O–H groups in total. The highest BCUT2D eigenvalue weighted by atomic mass is 19.4. The minimum Gasteiger partial charge on any atom is -0.376 e. The lowest BCUT2D eigenvalue weighted by Gasteiger charge is -2.45. The van der Waals surface area contributed by atoms with E-state index in [1.807, 2.05) is 23.1 Å². The van der Waals surface area contributed by atoms with E-state index in [2.05, 4.69) is 17.0 Å². The van der Waals surface area contributed by atoms with Crippen molar-refractivity contribution in [1.82, 2.24) is 9.80 Å². The van der Waals surface area contributed by atoms with E-state index in [0.717, 1.165) is 71.4 Å². The molecule has 1 amide bonds. The molecule has 2 aromatic carbocycles. The summed E-state index contributed by atoms with van der Waals surface area (Å²) in [5.41, 5.74) is 4.89. The molecule has 2 aromatic rings. The molecule has 0 bridgehead atoms. The first-order chi connectivity index (χ1) is 18.0. The Bertz CT molecular complexity index is 1100. The van der Waals surface area contributed by atoms with E-state index in [0.29, 0.717) is 11.6 Å². The van der Waals surface area contributed by atoms with Gasteiger partial charge < -0.3 is 20.6 Å². The summed E-state index contributed by atoms with van der Waals surface area (Å²) < 4.78 is 39.6. The van der Waals surface area contributed by atoms with E-state index >= 15 is 0 Å². The molecule has 1 atom stereocenters. The monoisotopic (exact) mass is 529 g/mol. The minimum absolute atomic E-state index is 0.127. The van der Waals surface area contributed by atoms with Crippen LogP contribution < -0.4 is 5.73 Å². The van der Waals surface area contributed by atoms with Crippen molar-refractivity contribution < 1.29 is 23.1 Å². The van der Waals surface area contributed by atoms with Crippen LogP contribution in [0.4, 0.5) is 13.2 Å². The summed E-state index contributed by atoms with van der Waals surface area (Å²) in [4.78, 5) is 18.0. The zero-order valence-electron chi connectivity index (χ0n) is 22.0. The minimum atomic E-state index is -4.79. The molecule has 5 nitrogen and oxygen atoms in total. The van der Waals surface area contributed by atoms with Gasteiger partial charge in [0, 0.05) is 42.3 Å². The summed E-state index contributed by atoms with van der Waals surface area (Å²) in [6.07, 6.45) is 2.99. The number of likely N-dealkylation sites (tertiary alicyclic amines) is 1. The molecule has 2 saturated carbocycles. The van der Waals surface area contributed by atoms with E-state index in [1.54, 1.807) is 0 Å². The highest BCUT2D eigenvalue weighted by molar-refractivity contribution is 5.95. The molecule has 206 valence electrons. The number of piperidine rings is 1. The third-order valence-electron chi connectivity index (χ3n) is 9.03. The number of nitrogens with two attached hydrogens (primary N) is 1. The number of hydrogen-bond acceptors (Lipinski definition) is 4. The van der Waals surface area contributed by atoms with Crippen molar-refractivity contribution >= 4 is 5.91 Å². The number of rotatable bonds is 6. The lowest BCUT2D eigenvalue weighted by atomic mass is 9.75. The fourth-order valence-electron chi connectivity index (χ4n) is 6.30. The van der Waals surface area contributed by atoms with Crippen LogP contribution in [0.3, 0.4) is 0 Å². The largest absolute Gasteiger partial charge is 0.421 e. The second-order valence-electron chi connectivity index (χ2n) is 11.6. The van der Waals surface area contributed by atoms with Gasteiger partial charge in [0.15, 0.2) is 5.60 Å².